The lowest BCUT2D eigenvalue weighted by molar-refractivity contribution is -0.147. The van der Waals surface area contributed by atoms with Gasteiger partial charge in [0.15, 0.2) is 0 Å². The highest BCUT2D eigenvalue weighted by atomic mass is 16.3. The van der Waals surface area contributed by atoms with Gasteiger partial charge >= 0.3 is 0 Å². The summed E-state index contributed by atoms with van der Waals surface area (Å²) in [7, 11) is 0. The Hall–Kier alpha value is -2.67. The van der Waals surface area contributed by atoms with Gasteiger partial charge < -0.3 is 15.3 Å². The zero-order chi connectivity index (χ0) is 18.9. The van der Waals surface area contributed by atoms with Crippen molar-refractivity contribution in [3.8, 4) is 0 Å². The second-order valence-electron chi connectivity index (χ2n) is 7.45. The van der Waals surface area contributed by atoms with Gasteiger partial charge in [-0.15, -0.1) is 0 Å². The summed E-state index contributed by atoms with van der Waals surface area (Å²) in [6.45, 7) is 1.95. The van der Waals surface area contributed by atoms with E-state index in [4.69, 9.17) is 0 Å². The lowest BCUT2D eigenvalue weighted by Gasteiger charge is -2.46. The fourth-order valence-electron chi connectivity index (χ4n) is 4.18. The second-order valence-corrected chi connectivity index (χ2v) is 7.45. The van der Waals surface area contributed by atoms with Crippen molar-refractivity contribution in [3.63, 3.8) is 0 Å². The average molecular weight is 368 g/mol. The molecule has 2 aliphatic heterocycles. The van der Waals surface area contributed by atoms with Crippen molar-refractivity contribution in [2.45, 2.75) is 31.9 Å². The highest BCUT2D eigenvalue weighted by Gasteiger charge is 2.50. The van der Waals surface area contributed by atoms with E-state index in [1.54, 1.807) is 17.2 Å². The van der Waals surface area contributed by atoms with Gasteiger partial charge in [-0.2, -0.15) is 5.10 Å². The van der Waals surface area contributed by atoms with Crippen molar-refractivity contribution in [2.75, 3.05) is 19.6 Å². The lowest BCUT2D eigenvalue weighted by Crippen LogP contribution is -2.62. The molecule has 2 atom stereocenters. The Morgan fingerprint density at radius 3 is 3.04 bits per heavy atom. The van der Waals surface area contributed by atoms with Gasteiger partial charge in [0.1, 0.15) is 0 Å². The highest BCUT2D eigenvalue weighted by Crippen LogP contribution is 2.37. The Kier molecular flexibility index (Phi) is 4.70. The molecule has 0 radical (unpaired) electrons. The van der Waals surface area contributed by atoms with Gasteiger partial charge in [-0.1, -0.05) is 12.1 Å². The van der Waals surface area contributed by atoms with Crippen molar-refractivity contribution < 1.29 is 14.7 Å². The summed E-state index contributed by atoms with van der Waals surface area (Å²) in [6.07, 6.45) is 4.77. The molecular weight excluding hydrogens is 344 g/mol. The molecule has 27 heavy (non-hydrogen) atoms. The lowest BCUT2D eigenvalue weighted by atomic mass is 9.71. The number of aromatic nitrogens is 2. The highest BCUT2D eigenvalue weighted by molar-refractivity contribution is 5.95. The predicted octanol–water partition coefficient (Wildman–Crippen LogP) is 1.03. The number of carbonyl (C=O) groups is 2. The number of hydrogen-bond acceptors (Lipinski definition) is 4. The molecule has 2 aliphatic rings. The quantitative estimate of drug-likeness (QED) is 0.847. The van der Waals surface area contributed by atoms with Gasteiger partial charge in [-0.05, 0) is 43.0 Å². The van der Waals surface area contributed by atoms with Gasteiger partial charge in [-0.3, -0.25) is 14.3 Å². The molecule has 2 amide bonds. The van der Waals surface area contributed by atoms with Crippen LogP contribution in [0.25, 0.3) is 0 Å². The second kappa shape index (κ2) is 7.15. The summed E-state index contributed by atoms with van der Waals surface area (Å²) in [5, 5.41) is 17.6. The Bertz CT molecular complexity index is 836. The number of aliphatic hydroxyl groups excluding tert-OH is 1. The van der Waals surface area contributed by atoms with E-state index in [0.29, 0.717) is 38.0 Å². The molecule has 2 saturated heterocycles. The topological polar surface area (TPSA) is 87.5 Å². The third-order valence-corrected chi connectivity index (χ3v) is 5.69. The minimum absolute atomic E-state index is 0.0954. The normalized spacial score (nSPS) is 25.4. The number of likely N-dealkylation sites (tertiary alicyclic amines) is 1. The number of rotatable bonds is 3. The monoisotopic (exact) mass is 368 g/mol. The van der Waals surface area contributed by atoms with Crippen molar-refractivity contribution in [1.29, 1.82) is 0 Å². The van der Waals surface area contributed by atoms with Gasteiger partial charge in [0.25, 0.3) is 5.91 Å². The summed E-state index contributed by atoms with van der Waals surface area (Å²) in [4.78, 5) is 27.3. The molecule has 7 nitrogen and oxygen atoms in total. The van der Waals surface area contributed by atoms with E-state index in [-0.39, 0.29) is 18.4 Å². The molecule has 1 aromatic heterocycles. The fourth-order valence-corrected chi connectivity index (χ4v) is 4.18. The van der Waals surface area contributed by atoms with Crippen molar-refractivity contribution >= 4 is 11.8 Å². The van der Waals surface area contributed by atoms with E-state index in [2.05, 4.69) is 10.4 Å². The van der Waals surface area contributed by atoms with E-state index in [1.807, 2.05) is 35.1 Å². The van der Waals surface area contributed by atoms with E-state index in [0.717, 1.165) is 12.0 Å². The minimum atomic E-state index is -0.876. The Labute approximate surface area is 158 Å². The molecule has 0 aliphatic carbocycles. The molecule has 2 N–H and O–H groups in total. The van der Waals surface area contributed by atoms with Crippen molar-refractivity contribution in [3.05, 3.63) is 53.9 Å². The molecular formula is C20H24N4O3. The molecule has 142 valence electrons. The first-order valence-electron chi connectivity index (χ1n) is 9.40. The first-order valence-corrected chi connectivity index (χ1v) is 9.40. The van der Waals surface area contributed by atoms with Gasteiger partial charge in [0.05, 0.1) is 18.1 Å². The summed E-state index contributed by atoms with van der Waals surface area (Å²) < 4.78 is 1.81. The first-order chi connectivity index (χ1) is 13.1. The number of amides is 2. The molecule has 2 fully saturated rings. The standard InChI is InChI=1S/C20H24N4O3/c25-17-6-11-23(14-20(17)7-2-8-21-19(20)27)18(26)16-5-1-4-15(12-16)13-24-10-3-9-22-24/h1,3-5,9-10,12,17,25H,2,6-8,11,13-14H2,(H,21,27)/t17-,20+/m0/s1. The predicted molar refractivity (Wildman–Crippen MR) is 99.0 cm³/mol. The Balaban J connectivity index is 1.53. The maximum Gasteiger partial charge on any atom is 0.253 e. The molecule has 0 unspecified atom stereocenters. The van der Waals surface area contributed by atoms with Crippen LogP contribution in [0.4, 0.5) is 0 Å². The number of aliphatic hydroxyl groups is 1. The molecule has 3 heterocycles. The SMILES string of the molecule is O=C(c1cccc(Cn2cccn2)c1)N1CC[C@H](O)[C@@]2(CCCNC2=O)C1. The van der Waals surface area contributed by atoms with Crippen LogP contribution in [0.15, 0.2) is 42.7 Å². The Morgan fingerprint density at radius 2 is 2.26 bits per heavy atom. The maximum absolute atomic E-state index is 13.1. The number of nitrogens with zero attached hydrogens (tertiary/aromatic N) is 3. The van der Waals surface area contributed by atoms with Crippen LogP contribution in [-0.2, 0) is 11.3 Å². The molecule has 1 spiro atoms. The minimum Gasteiger partial charge on any atom is -0.392 e. The number of nitrogens with one attached hydrogen (secondary N) is 1. The van der Waals surface area contributed by atoms with E-state index in [9.17, 15) is 14.7 Å². The molecule has 4 rings (SSSR count). The van der Waals surface area contributed by atoms with Gasteiger partial charge in [-0.25, -0.2) is 0 Å². The third-order valence-electron chi connectivity index (χ3n) is 5.69. The van der Waals surface area contributed by atoms with Crippen LogP contribution in [0.1, 0.15) is 35.2 Å². The fraction of sp³-hybridized carbons (Fsp3) is 0.450. The van der Waals surface area contributed by atoms with Crippen LogP contribution in [0.2, 0.25) is 0 Å². The van der Waals surface area contributed by atoms with Crippen molar-refractivity contribution in [2.24, 2.45) is 5.41 Å². The van der Waals surface area contributed by atoms with Crippen molar-refractivity contribution in [1.82, 2.24) is 20.0 Å². The molecule has 2 aromatic rings. The molecule has 0 saturated carbocycles. The van der Waals surface area contributed by atoms with Crippen LogP contribution < -0.4 is 5.32 Å². The summed E-state index contributed by atoms with van der Waals surface area (Å²) >= 11 is 0. The number of piperidine rings is 2. The van der Waals surface area contributed by atoms with E-state index in [1.165, 1.54) is 0 Å². The summed E-state index contributed by atoms with van der Waals surface area (Å²) in [5.41, 5.74) is 0.716. The van der Waals surface area contributed by atoms with Gasteiger partial charge in [0.2, 0.25) is 5.91 Å². The smallest absolute Gasteiger partial charge is 0.253 e. The van der Waals surface area contributed by atoms with Gasteiger partial charge in [0, 0.05) is 37.6 Å². The Morgan fingerprint density at radius 1 is 1.37 bits per heavy atom. The zero-order valence-electron chi connectivity index (χ0n) is 15.2. The van der Waals surface area contributed by atoms with Crippen LogP contribution >= 0.6 is 0 Å². The summed E-state index contributed by atoms with van der Waals surface area (Å²) in [5.74, 6) is -0.229. The zero-order valence-corrected chi connectivity index (χ0v) is 15.2. The van der Waals surface area contributed by atoms with Crippen LogP contribution in [-0.4, -0.2) is 57.3 Å². The largest absolute Gasteiger partial charge is 0.392 e. The number of carbonyl (C=O) groups excluding carboxylic acids is 2. The van der Waals surface area contributed by atoms with E-state index < -0.39 is 11.5 Å². The average Bonchev–Trinajstić information content (AvgIpc) is 3.19. The molecule has 1 aromatic carbocycles. The molecule has 0 bridgehead atoms. The van der Waals surface area contributed by atoms with Crippen LogP contribution in [0.3, 0.4) is 0 Å². The van der Waals surface area contributed by atoms with Crippen LogP contribution in [0.5, 0.6) is 0 Å². The third kappa shape index (κ3) is 3.35. The van der Waals surface area contributed by atoms with Crippen LogP contribution in [0, 0.1) is 5.41 Å². The number of hydrogen-bond donors (Lipinski definition) is 2. The first kappa shape index (κ1) is 17.7. The number of benzene rings is 1. The maximum atomic E-state index is 13.1. The molecule has 7 heteroatoms. The summed E-state index contributed by atoms with van der Waals surface area (Å²) in [6, 6.07) is 9.38. The van der Waals surface area contributed by atoms with E-state index >= 15 is 0 Å².